The molecule has 0 unspecified atom stereocenters. The smallest absolute Gasteiger partial charge is 0.340 e. The first kappa shape index (κ1) is 36.0. The van der Waals surface area contributed by atoms with Crippen LogP contribution in [-0.4, -0.2) is 64.7 Å². The van der Waals surface area contributed by atoms with Crippen LogP contribution in [0, 0.1) is 0 Å². The van der Waals surface area contributed by atoms with Gasteiger partial charge in [-0.05, 0) is 22.3 Å². The molecule has 0 aliphatic heterocycles. The topological polar surface area (TPSA) is 116 Å². The maximum absolute atomic E-state index is 13.6. The number of hydrogen-bond donors (Lipinski definition) is 0. The number of carbonyl (C=O) groups excluding carboxylic acids is 3. The minimum atomic E-state index is -1.32. The summed E-state index contributed by atoms with van der Waals surface area (Å²) in [5.74, 6) is -2.27. The van der Waals surface area contributed by atoms with Gasteiger partial charge in [-0.2, -0.15) is 0 Å². The van der Waals surface area contributed by atoms with Gasteiger partial charge in [-0.15, -0.1) is 0 Å². The van der Waals surface area contributed by atoms with Gasteiger partial charge in [0.25, 0.3) is 0 Å². The van der Waals surface area contributed by atoms with Crippen molar-refractivity contribution in [2.24, 2.45) is 0 Å². The van der Waals surface area contributed by atoms with Crippen LogP contribution in [0.3, 0.4) is 0 Å². The molecule has 0 heterocycles. The van der Waals surface area contributed by atoms with E-state index in [4.69, 9.17) is 33.2 Å². The molecule has 0 aliphatic rings. The molecule has 0 fully saturated rings. The van der Waals surface area contributed by atoms with Crippen LogP contribution in [-0.2, 0) is 54.1 Å². The molecule has 0 aromatic heterocycles. The minimum Gasteiger partial charge on any atom is -0.459 e. The molecule has 4 aromatic rings. The molecule has 0 saturated carbocycles. The molecule has 252 valence electrons. The highest BCUT2D eigenvalue weighted by Gasteiger charge is 2.36. The first-order valence-corrected chi connectivity index (χ1v) is 15.4. The van der Waals surface area contributed by atoms with Crippen LogP contribution in [0.2, 0.25) is 0 Å². The number of hydrogen-bond acceptors (Lipinski definition) is 10. The van der Waals surface area contributed by atoms with E-state index in [0.29, 0.717) is 16.7 Å². The molecule has 4 aromatic carbocycles. The maximum atomic E-state index is 13.6. The van der Waals surface area contributed by atoms with E-state index in [1.807, 2.05) is 42.5 Å². The van der Waals surface area contributed by atoms with Crippen LogP contribution in [0.1, 0.15) is 40.6 Å². The zero-order valence-electron chi connectivity index (χ0n) is 27.1. The van der Waals surface area contributed by atoms with Gasteiger partial charge in [0.05, 0.1) is 13.2 Å². The molecule has 0 saturated heterocycles. The zero-order valence-corrected chi connectivity index (χ0v) is 27.1. The molecule has 0 radical (unpaired) electrons. The fourth-order valence-electron chi connectivity index (χ4n) is 4.95. The molecular formula is C38H40O10. The fourth-order valence-corrected chi connectivity index (χ4v) is 4.95. The lowest BCUT2D eigenvalue weighted by Crippen LogP contribution is -2.44. The Bertz CT molecular complexity index is 1530. The quantitative estimate of drug-likeness (QED) is 0.0971. The second-order valence-corrected chi connectivity index (χ2v) is 10.7. The van der Waals surface area contributed by atoms with Crippen LogP contribution in [0.5, 0.6) is 0 Å². The Morgan fingerprint density at radius 2 is 0.833 bits per heavy atom. The first-order valence-electron chi connectivity index (χ1n) is 15.4. The molecule has 48 heavy (non-hydrogen) atoms. The van der Waals surface area contributed by atoms with Crippen molar-refractivity contribution >= 4 is 17.9 Å². The summed E-state index contributed by atoms with van der Waals surface area (Å²) in [5, 5.41) is 0. The SMILES string of the molecule is CO[C@H](C(=O)OC[C@H](OC(=O)[C@@H](OC)c1ccccc1)[C@@H](COCc1ccccc1)OC(=O)[C@@H](OC)c1ccccc1)c1ccccc1. The van der Waals surface area contributed by atoms with Crippen LogP contribution in [0.25, 0.3) is 0 Å². The first-order chi connectivity index (χ1) is 23.4. The summed E-state index contributed by atoms with van der Waals surface area (Å²) in [6.07, 6.45) is -5.80. The van der Waals surface area contributed by atoms with Gasteiger partial charge >= 0.3 is 17.9 Å². The number of methoxy groups -OCH3 is 3. The van der Waals surface area contributed by atoms with Gasteiger partial charge in [-0.25, -0.2) is 14.4 Å². The third kappa shape index (κ3) is 10.3. The third-order valence-corrected chi connectivity index (χ3v) is 7.39. The number of esters is 3. The van der Waals surface area contributed by atoms with Crippen LogP contribution in [0.15, 0.2) is 121 Å². The monoisotopic (exact) mass is 656 g/mol. The zero-order chi connectivity index (χ0) is 34.1. The van der Waals surface area contributed by atoms with Crippen molar-refractivity contribution in [3.8, 4) is 0 Å². The Hall–Kier alpha value is -4.87. The highest BCUT2D eigenvalue weighted by atomic mass is 16.6. The normalized spacial score (nSPS) is 14.1. The van der Waals surface area contributed by atoms with E-state index in [9.17, 15) is 14.4 Å². The number of ether oxygens (including phenoxy) is 7. The number of rotatable bonds is 18. The van der Waals surface area contributed by atoms with E-state index in [0.717, 1.165) is 5.56 Å². The Labute approximate surface area is 280 Å². The summed E-state index contributed by atoms with van der Waals surface area (Å²) >= 11 is 0. The van der Waals surface area contributed by atoms with Crippen molar-refractivity contribution in [1.82, 2.24) is 0 Å². The van der Waals surface area contributed by atoms with Crippen molar-refractivity contribution in [2.45, 2.75) is 37.1 Å². The highest BCUT2D eigenvalue weighted by Crippen LogP contribution is 2.24. The predicted molar refractivity (Wildman–Crippen MR) is 175 cm³/mol. The van der Waals surface area contributed by atoms with Crippen LogP contribution < -0.4 is 0 Å². The molecule has 0 bridgehead atoms. The summed E-state index contributed by atoms with van der Waals surface area (Å²) in [7, 11) is 4.15. The van der Waals surface area contributed by atoms with Gasteiger partial charge in [0.2, 0.25) is 0 Å². The lowest BCUT2D eigenvalue weighted by molar-refractivity contribution is -0.193. The molecule has 10 nitrogen and oxygen atoms in total. The lowest BCUT2D eigenvalue weighted by atomic mass is 10.1. The van der Waals surface area contributed by atoms with E-state index in [-0.39, 0.29) is 13.2 Å². The molecule has 0 aliphatic carbocycles. The molecule has 10 heteroatoms. The van der Waals surface area contributed by atoms with Crippen LogP contribution >= 0.6 is 0 Å². The van der Waals surface area contributed by atoms with Crippen molar-refractivity contribution < 1.29 is 47.5 Å². The third-order valence-electron chi connectivity index (χ3n) is 7.39. The van der Waals surface area contributed by atoms with Crippen molar-refractivity contribution in [2.75, 3.05) is 34.5 Å². The van der Waals surface area contributed by atoms with Gasteiger partial charge in [0, 0.05) is 21.3 Å². The second kappa shape index (κ2) is 19.1. The van der Waals surface area contributed by atoms with E-state index in [1.54, 1.807) is 78.9 Å². The van der Waals surface area contributed by atoms with Crippen molar-refractivity contribution in [3.05, 3.63) is 144 Å². The van der Waals surface area contributed by atoms with Gasteiger partial charge in [0.15, 0.2) is 30.5 Å². The largest absolute Gasteiger partial charge is 0.459 e. The Balaban J connectivity index is 1.62. The maximum Gasteiger partial charge on any atom is 0.340 e. The van der Waals surface area contributed by atoms with Crippen molar-refractivity contribution in [3.63, 3.8) is 0 Å². The van der Waals surface area contributed by atoms with E-state index in [2.05, 4.69) is 0 Å². The average Bonchev–Trinajstić information content (AvgIpc) is 3.12. The molecular weight excluding hydrogens is 616 g/mol. The Kier molecular flexibility index (Phi) is 14.3. The van der Waals surface area contributed by atoms with Gasteiger partial charge < -0.3 is 33.2 Å². The highest BCUT2D eigenvalue weighted by molar-refractivity contribution is 5.78. The molecule has 5 atom stereocenters. The van der Waals surface area contributed by atoms with E-state index >= 15 is 0 Å². The fraction of sp³-hybridized carbons (Fsp3) is 0.289. The summed E-state index contributed by atoms with van der Waals surface area (Å²) < 4.78 is 39.9. The minimum absolute atomic E-state index is 0.173. The summed E-state index contributed by atoms with van der Waals surface area (Å²) in [6.45, 7) is -0.527. The van der Waals surface area contributed by atoms with Gasteiger partial charge in [-0.3, -0.25) is 0 Å². The lowest BCUT2D eigenvalue weighted by Gasteiger charge is -2.29. The predicted octanol–water partition coefficient (Wildman–Crippen LogP) is 5.73. The average molecular weight is 657 g/mol. The standard InChI is InChI=1S/C38H40O10/c1-42-33(28-18-10-5-11-19-28)36(39)46-26-32(48-38(41)35(44-3)30-22-14-7-15-23-30)31(25-45-24-27-16-8-4-9-17-27)47-37(40)34(43-2)29-20-12-6-13-21-29/h4-23,31-35H,24-26H2,1-3H3/t31-,32+,33+,34+,35+/m1/s1. The van der Waals surface area contributed by atoms with Crippen molar-refractivity contribution in [1.29, 1.82) is 0 Å². The molecule has 0 N–H and O–H groups in total. The number of carbonyl (C=O) groups is 3. The van der Waals surface area contributed by atoms with Gasteiger partial charge in [0.1, 0.15) is 6.61 Å². The van der Waals surface area contributed by atoms with E-state index < -0.39 is 55.0 Å². The summed E-state index contributed by atoms with van der Waals surface area (Å²) in [4.78, 5) is 40.5. The molecule has 0 spiro atoms. The second-order valence-electron chi connectivity index (χ2n) is 10.7. The molecule has 0 amide bonds. The summed E-state index contributed by atoms with van der Waals surface area (Å²) in [5.41, 5.74) is 2.54. The van der Waals surface area contributed by atoms with E-state index in [1.165, 1.54) is 21.3 Å². The Morgan fingerprint density at radius 3 is 1.23 bits per heavy atom. The Morgan fingerprint density at radius 1 is 0.479 bits per heavy atom. The molecule has 4 rings (SSSR count). The summed E-state index contributed by atoms with van der Waals surface area (Å²) in [6, 6.07) is 35.8. The number of benzene rings is 4. The van der Waals surface area contributed by atoms with Gasteiger partial charge in [-0.1, -0.05) is 121 Å². The van der Waals surface area contributed by atoms with Crippen LogP contribution in [0.4, 0.5) is 0 Å².